The zero-order chi connectivity index (χ0) is 13.3. The van der Waals surface area contributed by atoms with Crippen LogP contribution < -0.4 is 5.73 Å². The Morgan fingerprint density at radius 1 is 1.39 bits per heavy atom. The molecule has 0 saturated carbocycles. The summed E-state index contributed by atoms with van der Waals surface area (Å²) in [6, 6.07) is 7.47. The maximum Gasteiger partial charge on any atom is 0.135 e. The molecule has 0 fully saturated rings. The normalized spacial score (nSPS) is 14.7. The Bertz CT molecular complexity index is 574. The van der Waals surface area contributed by atoms with Gasteiger partial charge >= 0.3 is 0 Å². The molecule has 4 N–H and O–H groups in total. The van der Waals surface area contributed by atoms with E-state index in [1.807, 2.05) is 25.1 Å². The fourth-order valence-corrected chi connectivity index (χ4v) is 2.14. The van der Waals surface area contributed by atoms with E-state index in [9.17, 15) is 10.2 Å². The summed E-state index contributed by atoms with van der Waals surface area (Å²) in [6.07, 6.45) is -2.17. The molecule has 5 heteroatoms. The molecule has 2 aromatic rings. The Morgan fingerprint density at radius 2 is 2.11 bits per heavy atom. The van der Waals surface area contributed by atoms with Gasteiger partial charge in [-0.3, -0.25) is 0 Å². The van der Waals surface area contributed by atoms with E-state index >= 15 is 0 Å². The molecule has 0 spiro atoms. The van der Waals surface area contributed by atoms with Crippen molar-refractivity contribution in [2.45, 2.75) is 19.1 Å². The Hall–Kier alpha value is -1.20. The van der Waals surface area contributed by atoms with Crippen LogP contribution in [0.5, 0.6) is 0 Å². The molecule has 96 valence electrons. The van der Waals surface area contributed by atoms with E-state index in [2.05, 4.69) is 4.98 Å². The highest BCUT2D eigenvalue weighted by Crippen LogP contribution is 2.28. The van der Waals surface area contributed by atoms with Crippen molar-refractivity contribution in [3.8, 4) is 0 Å². The lowest BCUT2D eigenvalue weighted by molar-refractivity contribution is 0.0243. The second-order valence-electron chi connectivity index (χ2n) is 4.26. The van der Waals surface area contributed by atoms with Gasteiger partial charge < -0.3 is 15.9 Å². The van der Waals surface area contributed by atoms with E-state index in [0.717, 1.165) is 16.5 Å². The van der Waals surface area contributed by atoms with Gasteiger partial charge in [0.1, 0.15) is 11.3 Å². The van der Waals surface area contributed by atoms with Crippen molar-refractivity contribution in [1.29, 1.82) is 0 Å². The molecule has 2 rings (SSSR count). The van der Waals surface area contributed by atoms with Crippen molar-refractivity contribution >= 4 is 22.5 Å². The summed E-state index contributed by atoms with van der Waals surface area (Å²) in [5.41, 5.74) is 7.52. The number of halogens is 1. The molecule has 0 saturated heterocycles. The first-order valence-corrected chi connectivity index (χ1v) is 6.04. The summed E-state index contributed by atoms with van der Waals surface area (Å²) >= 11 is 6.05. The number of benzene rings is 1. The molecule has 0 aliphatic rings. The number of aryl methyl sites for hydroxylation is 1. The molecule has 1 aromatic carbocycles. The Labute approximate surface area is 110 Å². The van der Waals surface area contributed by atoms with Gasteiger partial charge in [0.2, 0.25) is 0 Å². The van der Waals surface area contributed by atoms with E-state index in [0.29, 0.717) is 5.56 Å². The minimum absolute atomic E-state index is 0.0383. The van der Waals surface area contributed by atoms with Crippen molar-refractivity contribution in [3.05, 3.63) is 40.5 Å². The van der Waals surface area contributed by atoms with Gasteiger partial charge in [0.25, 0.3) is 0 Å². The third kappa shape index (κ3) is 2.33. The maximum atomic E-state index is 9.94. The Morgan fingerprint density at radius 3 is 2.78 bits per heavy atom. The molecule has 0 aliphatic heterocycles. The number of nitrogens with zero attached hydrogens (tertiary/aromatic N) is 1. The number of rotatable bonds is 3. The summed E-state index contributed by atoms with van der Waals surface area (Å²) in [6.45, 7) is 1.90. The largest absolute Gasteiger partial charge is 0.389 e. The average molecular weight is 267 g/mol. The number of hydrogen-bond acceptors (Lipinski definition) is 4. The zero-order valence-electron chi connectivity index (χ0n) is 9.97. The molecule has 2 unspecified atom stereocenters. The summed E-state index contributed by atoms with van der Waals surface area (Å²) in [5.74, 6) is 0. The Kier molecular flexibility index (Phi) is 3.82. The lowest BCUT2D eigenvalue weighted by Crippen LogP contribution is -2.27. The maximum absolute atomic E-state index is 9.94. The van der Waals surface area contributed by atoms with Crippen molar-refractivity contribution in [2.24, 2.45) is 5.73 Å². The smallest absolute Gasteiger partial charge is 0.135 e. The molecule has 18 heavy (non-hydrogen) atoms. The second kappa shape index (κ2) is 5.20. The van der Waals surface area contributed by atoms with E-state index < -0.39 is 12.2 Å². The number of nitrogens with two attached hydrogens (primary N) is 1. The number of hydrogen-bond donors (Lipinski definition) is 3. The number of aromatic nitrogens is 1. The standard InChI is InChI=1S/C13H15ClN2O2/c1-7-3-2-4-8-5-9(12(18)10(17)6-15)13(14)16-11(7)8/h2-5,10,12,17-18H,6,15H2,1H3. The number of para-hydroxylation sites is 1. The number of fused-ring (bicyclic) bond motifs is 1. The van der Waals surface area contributed by atoms with Crippen LogP contribution in [0.25, 0.3) is 10.9 Å². The van der Waals surface area contributed by atoms with Crippen LogP contribution in [0.1, 0.15) is 17.2 Å². The summed E-state index contributed by atoms with van der Waals surface area (Å²) in [5, 5.41) is 20.6. The van der Waals surface area contributed by atoms with Crippen LogP contribution >= 0.6 is 11.6 Å². The van der Waals surface area contributed by atoms with Gasteiger partial charge in [-0.1, -0.05) is 29.8 Å². The van der Waals surface area contributed by atoms with Crippen molar-refractivity contribution in [1.82, 2.24) is 4.98 Å². The average Bonchev–Trinajstić information content (AvgIpc) is 2.37. The van der Waals surface area contributed by atoms with Gasteiger partial charge in [-0.05, 0) is 18.6 Å². The first-order chi connectivity index (χ1) is 8.54. The monoisotopic (exact) mass is 266 g/mol. The van der Waals surface area contributed by atoms with Gasteiger partial charge in [-0.25, -0.2) is 4.98 Å². The van der Waals surface area contributed by atoms with Crippen molar-refractivity contribution < 1.29 is 10.2 Å². The minimum atomic E-state index is -1.13. The highest BCUT2D eigenvalue weighted by molar-refractivity contribution is 6.30. The van der Waals surface area contributed by atoms with Gasteiger partial charge in [0.15, 0.2) is 0 Å². The molecule has 2 atom stereocenters. The third-order valence-electron chi connectivity index (χ3n) is 2.95. The van der Waals surface area contributed by atoms with Crippen molar-refractivity contribution in [2.75, 3.05) is 6.54 Å². The van der Waals surface area contributed by atoms with Crippen LogP contribution in [-0.4, -0.2) is 27.8 Å². The fourth-order valence-electron chi connectivity index (χ4n) is 1.88. The molecule has 1 aromatic heterocycles. The molecule has 1 heterocycles. The van der Waals surface area contributed by atoms with Crippen molar-refractivity contribution in [3.63, 3.8) is 0 Å². The summed E-state index contributed by atoms with van der Waals surface area (Å²) in [7, 11) is 0. The van der Waals surface area contributed by atoms with E-state index in [1.165, 1.54) is 0 Å². The lowest BCUT2D eigenvalue weighted by atomic mass is 10.0. The highest BCUT2D eigenvalue weighted by atomic mass is 35.5. The molecule has 0 bridgehead atoms. The van der Waals surface area contributed by atoms with Gasteiger partial charge in [-0.15, -0.1) is 0 Å². The SMILES string of the molecule is Cc1cccc2cc(C(O)C(O)CN)c(Cl)nc12. The van der Waals surface area contributed by atoms with E-state index in [-0.39, 0.29) is 11.7 Å². The minimum Gasteiger partial charge on any atom is -0.389 e. The van der Waals surface area contributed by atoms with Crippen LogP contribution in [0.15, 0.2) is 24.3 Å². The van der Waals surface area contributed by atoms with Crippen LogP contribution in [0.2, 0.25) is 5.15 Å². The Balaban J connectivity index is 2.56. The zero-order valence-corrected chi connectivity index (χ0v) is 10.7. The number of aliphatic hydroxyl groups is 2. The quantitative estimate of drug-likeness (QED) is 0.737. The first kappa shape index (κ1) is 13.2. The molecule has 0 amide bonds. The van der Waals surface area contributed by atoms with Crippen LogP contribution in [0.3, 0.4) is 0 Å². The third-order valence-corrected chi connectivity index (χ3v) is 3.26. The number of aliphatic hydroxyl groups excluding tert-OH is 2. The lowest BCUT2D eigenvalue weighted by Gasteiger charge is -2.18. The number of pyridine rings is 1. The summed E-state index contributed by atoms with van der Waals surface area (Å²) < 4.78 is 0. The van der Waals surface area contributed by atoms with E-state index in [1.54, 1.807) is 6.07 Å². The van der Waals surface area contributed by atoms with Gasteiger partial charge in [-0.2, -0.15) is 0 Å². The topological polar surface area (TPSA) is 79.4 Å². The molecular formula is C13H15ClN2O2. The molecule has 0 radical (unpaired) electrons. The van der Waals surface area contributed by atoms with E-state index in [4.69, 9.17) is 17.3 Å². The van der Waals surface area contributed by atoms with Crippen LogP contribution in [0.4, 0.5) is 0 Å². The first-order valence-electron chi connectivity index (χ1n) is 5.66. The fraction of sp³-hybridized carbons (Fsp3) is 0.308. The predicted molar refractivity (Wildman–Crippen MR) is 71.5 cm³/mol. The molecular weight excluding hydrogens is 252 g/mol. The second-order valence-corrected chi connectivity index (χ2v) is 4.62. The predicted octanol–water partition coefficient (Wildman–Crippen LogP) is 1.55. The molecule has 4 nitrogen and oxygen atoms in total. The van der Waals surface area contributed by atoms with Crippen LogP contribution in [0, 0.1) is 6.92 Å². The van der Waals surface area contributed by atoms with Gasteiger partial charge in [0, 0.05) is 17.5 Å². The van der Waals surface area contributed by atoms with Gasteiger partial charge in [0.05, 0.1) is 11.6 Å². The van der Waals surface area contributed by atoms with Crippen LogP contribution in [-0.2, 0) is 0 Å². The molecule has 0 aliphatic carbocycles. The summed E-state index contributed by atoms with van der Waals surface area (Å²) in [4.78, 5) is 4.27. The highest BCUT2D eigenvalue weighted by Gasteiger charge is 2.21.